The molecule has 1 spiro atoms. The van der Waals surface area contributed by atoms with Gasteiger partial charge in [0.25, 0.3) is 0 Å². The first kappa shape index (κ1) is 24.8. The first-order valence-electron chi connectivity index (χ1n) is 13.6. The molecule has 2 saturated carbocycles. The van der Waals surface area contributed by atoms with Crippen LogP contribution in [0.5, 0.6) is 5.75 Å². The first-order valence-corrected chi connectivity index (χ1v) is 16.5. The molecule has 3 heterocycles. The Labute approximate surface area is 219 Å². The van der Waals surface area contributed by atoms with Crippen LogP contribution in [-0.2, 0) is 27.7 Å². The number of amides is 1. The van der Waals surface area contributed by atoms with Crippen LogP contribution in [0.25, 0.3) is 0 Å². The highest BCUT2D eigenvalue weighted by Crippen LogP contribution is 2.56. The Morgan fingerprint density at radius 2 is 1.95 bits per heavy atom. The van der Waals surface area contributed by atoms with E-state index in [1.54, 1.807) is 4.90 Å². The minimum absolute atomic E-state index is 0.0196. The van der Waals surface area contributed by atoms with Crippen molar-refractivity contribution in [3.8, 4) is 5.75 Å². The molecule has 1 amide bonds. The molecule has 2 aliphatic heterocycles. The molecule has 7 nitrogen and oxygen atoms in total. The van der Waals surface area contributed by atoms with Crippen LogP contribution >= 0.6 is 0 Å². The van der Waals surface area contributed by atoms with Gasteiger partial charge in [-0.1, -0.05) is 33.6 Å². The number of hydrogen-bond acceptors (Lipinski definition) is 6. The monoisotopic (exact) mass is 524 g/mol. The molecular weight excluding hydrogens is 487 g/mol. The first-order chi connectivity index (χ1) is 17.5. The Bertz CT molecular complexity index is 1270. The third-order valence-corrected chi connectivity index (χ3v) is 13.4. The van der Waals surface area contributed by atoms with Gasteiger partial charge in [-0.25, -0.2) is 14.4 Å². The third-order valence-electron chi connectivity index (χ3n) is 8.96. The summed E-state index contributed by atoms with van der Waals surface area (Å²) in [4.78, 5) is 25.9. The van der Waals surface area contributed by atoms with Crippen molar-refractivity contribution >= 4 is 31.5 Å². The molecule has 0 saturated heterocycles. The minimum atomic E-state index is -2.04. The van der Waals surface area contributed by atoms with E-state index in [1.165, 1.54) is 6.07 Å². The van der Waals surface area contributed by atoms with Crippen LogP contribution in [-0.4, -0.2) is 36.8 Å². The summed E-state index contributed by atoms with van der Waals surface area (Å²) in [5.74, 6) is 1.74. The SMILES string of the molecule is CC(C)(C)[Si](C)(C)OCc1nc(NC2CC2)c2c(n1)N(c1cc(F)c3c(c1)CCO3)C(=O)C21CCCC1. The number of aromatic nitrogens is 2. The summed E-state index contributed by atoms with van der Waals surface area (Å²) in [5, 5.41) is 3.67. The second-order valence-corrected chi connectivity index (χ2v) is 17.4. The summed E-state index contributed by atoms with van der Waals surface area (Å²) in [6.45, 7) is 11.8. The zero-order valence-corrected chi connectivity index (χ0v) is 23.5. The number of nitrogens with one attached hydrogen (secondary N) is 1. The van der Waals surface area contributed by atoms with Gasteiger partial charge in [0.2, 0.25) is 5.91 Å². The summed E-state index contributed by atoms with van der Waals surface area (Å²) in [7, 11) is -2.04. The van der Waals surface area contributed by atoms with Crippen LogP contribution in [0.2, 0.25) is 18.1 Å². The van der Waals surface area contributed by atoms with Gasteiger partial charge in [-0.2, -0.15) is 0 Å². The molecule has 6 rings (SSSR count). The third kappa shape index (κ3) is 4.05. The van der Waals surface area contributed by atoms with Gasteiger partial charge in [0.1, 0.15) is 11.6 Å². The van der Waals surface area contributed by atoms with Crippen LogP contribution in [0.1, 0.15) is 76.2 Å². The number of benzene rings is 1. The van der Waals surface area contributed by atoms with E-state index in [1.807, 2.05) is 6.07 Å². The lowest BCUT2D eigenvalue weighted by Gasteiger charge is -2.36. The van der Waals surface area contributed by atoms with Gasteiger partial charge in [0.05, 0.1) is 29.9 Å². The van der Waals surface area contributed by atoms with E-state index in [-0.39, 0.29) is 17.6 Å². The predicted molar refractivity (Wildman–Crippen MR) is 144 cm³/mol. The van der Waals surface area contributed by atoms with E-state index in [0.29, 0.717) is 42.1 Å². The van der Waals surface area contributed by atoms with Crippen LogP contribution < -0.4 is 15.0 Å². The van der Waals surface area contributed by atoms with Gasteiger partial charge < -0.3 is 14.5 Å². The maximum absolute atomic E-state index is 15.1. The molecule has 198 valence electrons. The minimum Gasteiger partial charge on any atom is -0.490 e. The van der Waals surface area contributed by atoms with Gasteiger partial charge in [-0.3, -0.25) is 9.69 Å². The normalized spacial score (nSPS) is 20.4. The molecule has 0 radical (unpaired) electrons. The number of fused-ring (bicyclic) bond motifs is 3. The lowest BCUT2D eigenvalue weighted by molar-refractivity contribution is -0.122. The van der Waals surface area contributed by atoms with Crippen molar-refractivity contribution in [3.63, 3.8) is 0 Å². The molecule has 0 unspecified atom stereocenters. The van der Waals surface area contributed by atoms with E-state index < -0.39 is 19.5 Å². The van der Waals surface area contributed by atoms with E-state index in [2.05, 4.69) is 39.2 Å². The highest BCUT2D eigenvalue weighted by Gasteiger charge is 2.56. The van der Waals surface area contributed by atoms with Crippen LogP contribution in [0.3, 0.4) is 0 Å². The summed E-state index contributed by atoms with van der Waals surface area (Å²) in [5.41, 5.74) is 1.53. The fourth-order valence-electron chi connectivity index (χ4n) is 5.62. The lowest BCUT2D eigenvalue weighted by atomic mass is 9.80. The smallest absolute Gasteiger partial charge is 0.243 e. The average molecular weight is 525 g/mol. The number of nitrogens with zero attached hydrogens (tertiary/aromatic N) is 3. The number of anilines is 3. The molecule has 0 bridgehead atoms. The Hall–Kier alpha value is -2.52. The van der Waals surface area contributed by atoms with Crippen molar-refractivity contribution < 1.29 is 18.3 Å². The molecular formula is C28H37FN4O3Si. The number of carbonyl (C=O) groups excluding carboxylic acids is 1. The van der Waals surface area contributed by atoms with Crippen molar-refractivity contribution in [2.24, 2.45) is 0 Å². The molecule has 2 aromatic rings. The summed E-state index contributed by atoms with van der Waals surface area (Å²) in [6, 6.07) is 3.68. The predicted octanol–water partition coefficient (Wildman–Crippen LogP) is 6.14. The molecule has 2 aliphatic carbocycles. The topological polar surface area (TPSA) is 76.6 Å². The highest BCUT2D eigenvalue weighted by molar-refractivity contribution is 6.74. The Morgan fingerprint density at radius 1 is 1.22 bits per heavy atom. The van der Waals surface area contributed by atoms with Crippen molar-refractivity contribution in [1.29, 1.82) is 0 Å². The molecule has 1 N–H and O–H groups in total. The largest absolute Gasteiger partial charge is 0.490 e. The standard InChI is InChI=1S/C28H37FN4O3Si/c1-27(2,3)37(4,5)36-16-21-31-24(30-18-8-9-18)22-25(32-21)33(26(34)28(22)11-6-7-12-28)19-14-17-10-13-35-23(17)20(29)15-19/h14-15,18H,6-13,16H2,1-5H3,(H,30,31,32). The fraction of sp³-hybridized carbons (Fsp3) is 0.607. The van der Waals surface area contributed by atoms with Crippen molar-refractivity contribution in [2.75, 3.05) is 16.8 Å². The zero-order valence-electron chi connectivity index (χ0n) is 22.5. The second kappa shape index (κ2) is 8.49. The Morgan fingerprint density at radius 3 is 2.62 bits per heavy atom. The van der Waals surface area contributed by atoms with Crippen LogP contribution in [0.15, 0.2) is 12.1 Å². The van der Waals surface area contributed by atoms with Gasteiger partial charge in [0, 0.05) is 24.1 Å². The van der Waals surface area contributed by atoms with Crippen molar-refractivity contribution in [3.05, 3.63) is 34.9 Å². The molecule has 4 aliphatic rings. The summed E-state index contributed by atoms with van der Waals surface area (Å²) in [6.07, 6.45) is 6.28. The molecule has 1 aromatic carbocycles. The van der Waals surface area contributed by atoms with Gasteiger partial charge in [-0.05, 0) is 49.9 Å². The van der Waals surface area contributed by atoms with Gasteiger partial charge in [-0.15, -0.1) is 0 Å². The quantitative estimate of drug-likeness (QED) is 0.458. The number of ether oxygens (including phenoxy) is 1. The van der Waals surface area contributed by atoms with Crippen molar-refractivity contribution in [2.45, 2.75) is 102 Å². The summed E-state index contributed by atoms with van der Waals surface area (Å²) >= 11 is 0. The maximum Gasteiger partial charge on any atom is 0.243 e. The second-order valence-electron chi connectivity index (χ2n) is 12.6. The number of hydrogen-bond donors (Lipinski definition) is 1. The van der Waals surface area contributed by atoms with Gasteiger partial charge >= 0.3 is 0 Å². The number of carbonyl (C=O) groups is 1. The van der Waals surface area contributed by atoms with Crippen LogP contribution in [0.4, 0.5) is 21.7 Å². The fourth-order valence-corrected chi connectivity index (χ4v) is 6.54. The highest BCUT2D eigenvalue weighted by atomic mass is 28.4. The average Bonchev–Trinajstić information content (AvgIpc) is 3.22. The Balaban J connectivity index is 1.48. The number of halogens is 1. The van der Waals surface area contributed by atoms with Crippen LogP contribution in [0, 0.1) is 5.82 Å². The molecule has 9 heteroatoms. The lowest BCUT2D eigenvalue weighted by Crippen LogP contribution is -2.40. The maximum atomic E-state index is 15.1. The molecule has 0 atom stereocenters. The summed E-state index contributed by atoms with van der Waals surface area (Å²) < 4.78 is 27.0. The zero-order chi connectivity index (χ0) is 26.2. The van der Waals surface area contributed by atoms with E-state index in [0.717, 1.165) is 55.5 Å². The van der Waals surface area contributed by atoms with E-state index >= 15 is 4.39 Å². The van der Waals surface area contributed by atoms with E-state index in [4.69, 9.17) is 19.1 Å². The molecule has 37 heavy (non-hydrogen) atoms. The van der Waals surface area contributed by atoms with E-state index in [9.17, 15) is 4.79 Å². The van der Waals surface area contributed by atoms with Gasteiger partial charge in [0.15, 0.2) is 25.7 Å². The Kier molecular flexibility index (Phi) is 5.69. The number of rotatable bonds is 6. The molecule has 1 aromatic heterocycles. The van der Waals surface area contributed by atoms with Crippen molar-refractivity contribution in [1.82, 2.24) is 9.97 Å². The molecule has 2 fully saturated rings.